The number of rotatable bonds is 7. The summed E-state index contributed by atoms with van der Waals surface area (Å²) in [5.41, 5.74) is 2.07. The summed E-state index contributed by atoms with van der Waals surface area (Å²) < 4.78 is 5.97. The SMILES string of the molecule is CC(CCC(c1ccccc1)C(C)C)Oc1ccc(C#N)cc1. The highest BCUT2D eigenvalue weighted by atomic mass is 16.5. The molecule has 0 saturated heterocycles. The van der Waals surface area contributed by atoms with Gasteiger partial charge in [0.05, 0.1) is 17.7 Å². The van der Waals surface area contributed by atoms with Crippen LogP contribution in [0.15, 0.2) is 54.6 Å². The van der Waals surface area contributed by atoms with E-state index >= 15 is 0 Å². The average molecular weight is 307 g/mol. The van der Waals surface area contributed by atoms with Gasteiger partial charge in [0.2, 0.25) is 0 Å². The van der Waals surface area contributed by atoms with Crippen LogP contribution in [0.4, 0.5) is 0 Å². The highest BCUT2D eigenvalue weighted by Gasteiger charge is 2.17. The molecule has 2 aromatic carbocycles. The van der Waals surface area contributed by atoms with Gasteiger partial charge in [0, 0.05) is 0 Å². The Morgan fingerprint density at radius 1 is 0.913 bits per heavy atom. The minimum Gasteiger partial charge on any atom is -0.491 e. The van der Waals surface area contributed by atoms with Gasteiger partial charge in [-0.15, -0.1) is 0 Å². The van der Waals surface area contributed by atoms with Crippen molar-refractivity contribution < 1.29 is 4.74 Å². The normalized spacial score (nSPS) is 13.3. The van der Waals surface area contributed by atoms with Gasteiger partial charge in [-0.2, -0.15) is 5.26 Å². The van der Waals surface area contributed by atoms with Crippen LogP contribution in [0.5, 0.6) is 5.75 Å². The smallest absolute Gasteiger partial charge is 0.119 e. The van der Waals surface area contributed by atoms with E-state index in [4.69, 9.17) is 10.00 Å². The maximum atomic E-state index is 8.83. The zero-order valence-electron chi connectivity index (χ0n) is 14.2. The van der Waals surface area contributed by atoms with Crippen molar-refractivity contribution in [2.45, 2.75) is 45.6 Å². The molecule has 2 rings (SSSR count). The van der Waals surface area contributed by atoms with E-state index in [1.54, 1.807) is 12.1 Å². The Morgan fingerprint density at radius 3 is 2.13 bits per heavy atom. The van der Waals surface area contributed by atoms with Gasteiger partial charge in [-0.1, -0.05) is 44.2 Å². The third-order valence-electron chi connectivity index (χ3n) is 4.24. The molecule has 0 heterocycles. The van der Waals surface area contributed by atoms with E-state index < -0.39 is 0 Å². The second-order valence-electron chi connectivity index (χ2n) is 6.40. The van der Waals surface area contributed by atoms with Crippen molar-refractivity contribution in [3.05, 3.63) is 65.7 Å². The second-order valence-corrected chi connectivity index (χ2v) is 6.40. The summed E-state index contributed by atoms with van der Waals surface area (Å²) in [6, 6.07) is 20.2. The fourth-order valence-electron chi connectivity index (χ4n) is 2.90. The molecule has 2 atom stereocenters. The minimum absolute atomic E-state index is 0.160. The summed E-state index contributed by atoms with van der Waals surface area (Å²) in [5.74, 6) is 2.00. The third-order valence-corrected chi connectivity index (χ3v) is 4.24. The van der Waals surface area contributed by atoms with Crippen molar-refractivity contribution in [1.29, 1.82) is 5.26 Å². The van der Waals surface area contributed by atoms with Crippen LogP contribution in [0, 0.1) is 17.2 Å². The van der Waals surface area contributed by atoms with Gasteiger partial charge in [-0.05, 0) is 61.4 Å². The van der Waals surface area contributed by atoms with E-state index in [2.05, 4.69) is 57.2 Å². The lowest BCUT2D eigenvalue weighted by atomic mass is 9.84. The van der Waals surface area contributed by atoms with Crippen LogP contribution in [-0.2, 0) is 0 Å². The summed E-state index contributed by atoms with van der Waals surface area (Å²) >= 11 is 0. The van der Waals surface area contributed by atoms with Crippen LogP contribution < -0.4 is 4.74 Å². The summed E-state index contributed by atoms with van der Waals surface area (Å²) in [6.45, 7) is 6.67. The van der Waals surface area contributed by atoms with Crippen LogP contribution in [0.1, 0.15) is 50.7 Å². The highest BCUT2D eigenvalue weighted by Crippen LogP contribution is 2.30. The average Bonchev–Trinajstić information content (AvgIpc) is 2.56. The van der Waals surface area contributed by atoms with Crippen molar-refractivity contribution in [2.24, 2.45) is 5.92 Å². The number of nitriles is 1. The molecule has 0 fully saturated rings. The first-order valence-corrected chi connectivity index (χ1v) is 8.32. The zero-order valence-corrected chi connectivity index (χ0v) is 14.2. The molecule has 0 radical (unpaired) electrons. The lowest BCUT2D eigenvalue weighted by Gasteiger charge is -2.23. The Balaban J connectivity index is 1.91. The van der Waals surface area contributed by atoms with Gasteiger partial charge in [-0.3, -0.25) is 0 Å². The molecule has 0 aromatic heterocycles. The van der Waals surface area contributed by atoms with E-state index in [1.807, 2.05) is 12.1 Å². The van der Waals surface area contributed by atoms with E-state index in [0.29, 0.717) is 17.4 Å². The fourth-order valence-corrected chi connectivity index (χ4v) is 2.90. The van der Waals surface area contributed by atoms with Gasteiger partial charge in [0.1, 0.15) is 5.75 Å². The topological polar surface area (TPSA) is 33.0 Å². The maximum absolute atomic E-state index is 8.83. The standard InChI is InChI=1S/C21H25NO/c1-16(2)21(19-7-5-4-6-8-19)14-9-17(3)23-20-12-10-18(15-22)11-13-20/h4-8,10-13,16-17,21H,9,14H2,1-3H3. The molecule has 2 heteroatoms. The van der Waals surface area contributed by atoms with Crippen LogP contribution in [-0.4, -0.2) is 6.10 Å². The highest BCUT2D eigenvalue weighted by molar-refractivity contribution is 5.34. The van der Waals surface area contributed by atoms with E-state index in [0.717, 1.165) is 18.6 Å². The van der Waals surface area contributed by atoms with Crippen molar-refractivity contribution in [3.63, 3.8) is 0 Å². The van der Waals surface area contributed by atoms with Crippen molar-refractivity contribution in [3.8, 4) is 11.8 Å². The fraction of sp³-hybridized carbons (Fsp3) is 0.381. The van der Waals surface area contributed by atoms with Crippen molar-refractivity contribution >= 4 is 0 Å². The largest absolute Gasteiger partial charge is 0.491 e. The van der Waals surface area contributed by atoms with Crippen LogP contribution in [0.3, 0.4) is 0 Å². The summed E-state index contributed by atoms with van der Waals surface area (Å²) in [6.07, 6.45) is 2.28. The molecular formula is C21H25NO. The van der Waals surface area contributed by atoms with Crippen molar-refractivity contribution in [1.82, 2.24) is 0 Å². The van der Waals surface area contributed by atoms with Crippen LogP contribution in [0.25, 0.3) is 0 Å². The molecule has 2 nitrogen and oxygen atoms in total. The van der Waals surface area contributed by atoms with Gasteiger partial charge >= 0.3 is 0 Å². The molecule has 0 aliphatic carbocycles. The Bertz CT molecular complexity index is 625. The first-order valence-electron chi connectivity index (χ1n) is 8.32. The molecule has 0 saturated carbocycles. The number of ether oxygens (including phenoxy) is 1. The molecule has 0 spiro atoms. The zero-order chi connectivity index (χ0) is 16.7. The lowest BCUT2D eigenvalue weighted by Crippen LogP contribution is -2.15. The predicted molar refractivity (Wildman–Crippen MR) is 94.5 cm³/mol. The Hall–Kier alpha value is -2.27. The quantitative estimate of drug-likeness (QED) is 0.672. The van der Waals surface area contributed by atoms with Crippen LogP contribution >= 0.6 is 0 Å². The molecule has 0 amide bonds. The van der Waals surface area contributed by atoms with E-state index in [9.17, 15) is 0 Å². The van der Waals surface area contributed by atoms with Gasteiger partial charge in [0.15, 0.2) is 0 Å². The van der Waals surface area contributed by atoms with E-state index in [1.165, 1.54) is 5.56 Å². The Labute approximate surface area is 139 Å². The molecular weight excluding hydrogens is 282 g/mol. The molecule has 23 heavy (non-hydrogen) atoms. The lowest BCUT2D eigenvalue weighted by molar-refractivity contribution is 0.200. The first-order chi connectivity index (χ1) is 11.1. The first kappa shape index (κ1) is 17.1. The molecule has 0 bridgehead atoms. The predicted octanol–water partition coefficient (Wildman–Crippen LogP) is 5.55. The monoisotopic (exact) mass is 307 g/mol. The number of hydrogen-bond acceptors (Lipinski definition) is 2. The molecule has 0 aliphatic rings. The summed E-state index contributed by atoms with van der Waals surface area (Å²) in [5, 5.41) is 8.83. The number of hydrogen-bond donors (Lipinski definition) is 0. The van der Waals surface area contributed by atoms with Gasteiger partial charge < -0.3 is 4.74 Å². The number of benzene rings is 2. The summed E-state index contributed by atoms with van der Waals surface area (Å²) in [7, 11) is 0. The maximum Gasteiger partial charge on any atom is 0.119 e. The molecule has 120 valence electrons. The number of nitrogens with zero attached hydrogens (tertiary/aromatic N) is 1. The molecule has 2 aromatic rings. The van der Waals surface area contributed by atoms with Gasteiger partial charge in [0.25, 0.3) is 0 Å². The minimum atomic E-state index is 0.160. The molecule has 0 aliphatic heterocycles. The Morgan fingerprint density at radius 2 is 1.57 bits per heavy atom. The van der Waals surface area contributed by atoms with Crippen LogP contribution in [0.2, 0.25) is 0 Å². The summed E-state index contributed by atoms with van der Waals surface area (Å²) in [4.78, 5) is 0. The molecule has 2 unspecified atom stereocenters. The third kappa shape index (κ3) is 5.14. The second kappa shape index (κ2) is 8.39. The Kier molecular flexibility index (Phi) is 6.23. The van der Waals surface area contributed by atoms with E-state index in [-0.39, 0.29) is 6.10 Å². The van der Waals surface area contributed by atoms with Gasteiger partial charge in [-0.25, -0.2) is 0 Å². The molecule has 0 N–H and O–H groups in total. The van der Waals surface area contributed by atoms with Crippen molar-refractivity contribution in [2.75, 3.05) is 0 Å².